The first kappa shape index (κ1) is 36.4. The number of ketones is 1. The third kappa shape index (κ3) is 8.82. The Kier molecular flexibility index (Phi) is 11.1. The third-order valence-electron chi connectivity index (χ3n) is 8.01. The molecule has 49 heavy (non-hydrogen) atoms. The fourth-order valence-corrected chi connectivity index (χ4v) is 6.80. The number of carbonyl (C=O) groups is 1. The van der Waals surface area contributed by atoms with Crippen molar-refractivity contribution in [3.63, 3.8) is 0 Å². The van der Waals surface area contributed by atoms with E-state index in [-0.39, 0.29) is 27.5 Å². The van der Waals surface area contributed by atoms with Crippen LogP contribution in [-0.2, 0) is 16.0 Å². The van der Waals surface area contributed by atoms with Crippen LogP contribution in [0.15, 0.2) is 61.1 Å². The van der Waals surface area contributed by atoms with Crippen LogP contribution in [0.3, 0.4) is 0 Å². The van der Waals surface area contributed by atoms with Crippen LogP contribution in [0.5, 0.6) is 0 Å². The summed E-state index contributed by atoms with van der Waals surface area (Å²) in [5, 5.41) is 8.43. The number of hydrogen-bond donors (Lipinski definition) is 2. The highest BCUT2D eigenvalue weighted by atomic mass is 35.5. The lowest BCUT2D eigenvalue weighted by Crippen LogP contribution is -2.57. The summed E-state index contributed by atoms with van der Waals surface area (Å²) in [6.45, 7) is 8.40. The summed E-state index contributed by atoms with van der Waals surface area (Å²) in [6.07, 6.45) is 2.07. The molecule has 0 aliphatic carbocycles. The Morgan fingerprint density at radius 2 is 1.69 bits per heavy atom. The van der Waals surface area contributed by atoms with Gasteiger partial charge < -0.3 is 10.2 Å². The molecule has 9 nitrogen and oxygen atoms in total. The number of carbonyl (C=O) groups excluding carboxylic acids is 1. The molecular formula is C33H35ClF5N7O2S. The Labute approximate surface area is 288 Å². The average Bonchev–Trinajstić information content (AvgIpc) is 3.74. The van der Waals surface area contributed by atoms with Gasteiger partial charge in [-0.3, -0.25) is 14.5 Å². The number of anilines is 2. The molecule has 4 heterocycles. The van der Waals surface area contributed by atoms with Crippen molar-refractivity contribution in [3.05, 3.63) is 77.7 Å². The standard InChI is InChI=1S/C30H32ClF2N7OS.C3H3F3O/c1-30(2)19-38(14-11-35-30)22-5-6-27(25(32)17-22)40-18-24(29(36-40)20-7-9-34-10-8-20)23-15-21(31)16-26(28(23)33)37-42(41)39-12-3-4-13-39;1-2(7)3(4,5)6/h5-10,15-18,35,37H,3-4,11-14,19H2,1-2H3;1H3. The van der Waals surface area contributed by atoms with Gasteiger partial charge in [0, 0.05) is 91.2 Å². The van der Waals surface area contributed by atoms with E-state index < -0.39 is 34.8 Å². The van der Waals surface area contributed by atoms with E-state index in [1.54, 1.807) is 41.1 Å². The monoisotopic (exact) mass is 723 g/mol. The zero-order valence-corrected chi connectivity index (χ0v) is 28.5. The molecule has 16 heteroatoms. The predicted molar refractivity (Wildman–Crippen MR) is 181 cm³/mol. The second kappa shape index (κ2) is 14.9. The van der Waals surface area contributed by atoms with Crippen LogP contribution >= 0.6 is 11.6 Å². The second-order valence-corrected chi connectivity index (χ2v) is 14.0. The van der Waals surface area contributed by atoms with Gasteiger partial charge in [-0.2, -0.15) is 18.3 Å². The second-order valence-electron chi connectivity index (χ2n) is 12.3. The van der Waals surface area contributed by atoms with Gasteiger partial charge in [0.2, 0.25) is 5.78 Å². The predicted octanol–water partition coefficient (Wildman–Crippen LogP) is 6.95. The van der Waals surface area contributed by atoms with Gasteiger partial charge in [0.1, 0.15) is 11.4 Å². The van der Waals surface area contributed by atoms with E-state index in [1.807, 2.05) is 6.07 Å². The number of Topliss-reactive ketones (excluding diaryl/α,β-unsaturated/α-hetero) is 1. The Morgan fingerprint density at radius 3 is 2.31 bits per heavy atom. The number of hydrogen-bond acceptors (Lipinski definition) is 6. The van der Waals surface area contributed by atoms with Gasteiger partial charge in [-0.1, -0.05) is 11.6 Å². The van der Waals surface area contributed by atoms with Crippen molar-refractivity contribution in [2.45, 2.75) is 45.3 Å². The lowest BCUT2D eigenvalue weighted by Gasteiger charge is -2.40. The molecule has 4 aromatic rings. The van der Waals surface area contributed by atoms with Crippen LogP contribution in [0, 0.1) is 11.6 Å². The van der Waals surface area contributed by atoms with E-state index in [1.165, 1.54) is 22.9 Å². The maximum absolute atomic E-state index is 16.1. The number of halogens is 6. The van der Waals surface area contributed by atoms with Gasteiger partial charge in [0.15, 0.2) is 22.8 Å². The number of nitrogens with zero attached hydrogens (tertiary/aromatic N) is 5. The SMILES string of the molecule is CC(=O)C(F)(F)F.CC1(C)CN(c2ccc(-n3cc(-c4cc(Cl)cc(NS(=O)N5CCCC5)c4F)c(-c4ccncc4)n3)c(F)c2)CCN1. The minimum Gasteiger partial charge on any atom is -0.368 e. The van der Waals surface area contributed by atoms with Crippen LogP contribution in [0.2, 0.25) is 5.02 Å². The molecule has 2 aliphatic heterocycles. The molecule has 2 N–H and O–H groups in total. The molecule has 1 unspecified atom stereocenters. The van der Waals surface area contributed by atoms with E-state index in [4.69, 9.17) is 16.7 Å². The fourth-order valence-electron chi connectivity index (χ4n) is 5.53. The largest absolute Gasteiger partial charge is 0.449 e. The Balaban J connectivity index is 0.000000606. The number of alkyl halides is 3. The van der Waals surface area contributed by atoms with Crippen LogP contribution in [0.1, 0.15) is 33.6 Å². The topological polar surface area (TPSA) is 95.4 Å². The number of aromatic nitrogens is 3. The number of pyridine rings is 1. The molecule has 6 rings (SSSR count). The van der Waals surface area contributed by atoms with Crippen LogP contribution in [0.4, 0.5) is 33.3 Å². The van der Waals surface area contributed by atoms with Gasteiger partial charge in [0.05, 0.1) is 5.69 Å². The number of rotatable bonds is 7. The molecule has 1 atom stereocenters. The molecule has 0 saturated carbocycles. The van der Waals surface area contributed by atoms with Crippen LogP contribution in [0.25, 0.3) is 28.1 Å². The summed E-state index contributed by atoms with van der Waals surface area (Å²) in [6, 6.07) is 11.5. The van der Waals surface area contributed by atoms with Crippen molar-refractivity contribution in [2.75, 3.05) is 42.3 Å². The van der Waals surface area contributed by atoms with Crippen molar-refractivity contribution in [1.29, 1.82) is 0 Å². The lowest BCUT2D eigenvalue weighted by atomic mass is 10.0. The highest BCUT2D eigenvalue weighted by Gasteiger charge is 2.33. The first-order chi connectivity index (χ1) is 23.1. The molecule has 2 aromatic heterocycles. The number of nitrogens with one attached hydrogen (secondary N) is 2. The van der Waals surface area contributed by atoms with Crippen molar-refractivity contribution in [3.8, 4) is 28.1 Å². The minimum atomic E-state index is -4.64. The maximum Gasteiger partial charge on any atom is 0.449 e. The van der Waals surface area contributed by atoms with Crippen molar-refractivity contribution >= 4 is 39.9 Å². The van der Waals surface area contributed by atoms with Crippen LogP contribution < -0.4 is 14.9 Å². The Morgan fingerprint density at radius 1 is 1.02 bits per heavy atom. The van der Waals surface area contributed by atoms with Gasteiger partial charge in [-0.05, 0) is 69.2 Å². The Bertz CT molecular complexity index is 1830. The molecule has 2 aromatic carbocycles. The first-order valence-electron chi connectivity index (χ1n) is 15.4. The van der Waals surface area contributed by atoms with Gasteiger partial charge in [-0.25, -0.2) is 22.0 Å². The molecule has 2 saturated heterocycles. The fraction of sp³-hybridized carbons (Fsp3) is 0.364. The summed E-state index contributed by atoms with van der Waals surface area (Å²) in [4.78, 5) is 15.6. The summed E-state index contributed by atoms with van der Waals surface area (Å²) >= 11 is 4.84. The molecule has 0 spiro atoms. The lowest BCUT2D eigenvalue weighted by molar-refractivity contribution is -0.168. The van der Waals surface area contributed by atoms with Crippen molar-refractivity contribution in [2.24, 2.45) is 0 Å². The van der Waals surface area contributed by atoms with Crippen LogP contribution in [-0.4, -0.2) is 73.5 Å². The number of piperazine rings is 1. The van der Waals surface area contributed by atoms with E-state index in [0.717, 1.165) is 38.2 Å². The summed E-state index contributed by atoms with van der Waals surface area (Å²) in [5.41, 5.74) is 2.61. The summed E-state index contributed by atoms with van der Waals surface area (Å²) in [7, 11) is 0. The van der Waals surface area contributed by atoms with Gasteiger partial charge in [-0.15, -0.1) is 0 Å². The molecule has 0 radical (unpaired) electrons. The normalized spacial score (nSPS) is 17.0. The highest BCUT2D eigenvalue weighted by Crippen LogP contribution is 2.38. The quantitative estimate of drug-likeness (QED) is 0.201. The van der Waals surface area contributed by atoms with Crippen molar-refractivity contribution < 1.29 is 31.0 Å². The van der Waals surface area contributed by atoms with E-state index in [9.17, 15) is 22.2 Å². The molecule has 2 aliphatic rings. The molecular weight excluding hydrogens is 689 g/mol. The van der Waals surface area contributed by atoms with E-state index in [0.29, 0.717) is 36.8 Å². The summed E-state index contributed by atoms with van der Waals surface area (Å²) in [5.74, 6) is -2.83. The maximum atomic E-state index is 16.1. The zero-order chi connectivity index (χ0) is 35.5. The Hall–Kier alpha value is -3.92. The zero-order valence-electron chi connectivity index (χ0n) is 27.0. The third-order valence-corrected chi connectivity index (χ3v) is 9.45. The molecule has 262 valence electrons. The van der Waals surface area contributed by atoms with Gasteiger partial charge >= 0.3 is 6.18 Å². The molecule has 2 fully saturated rings. The molecule has 0 amide bonds. The average molecular weight is 724 g/mol. The first-order valence-corrected chi connectivity index (χ1v) is 16.9. The van der Waals surface area contributed by atoms with Gasteiger partial charge in [0.25, 0.3) is 0 Å². The van der Waals surface area contributed by atoms with Crippen molar-refractivity contribution in [1.82, 2.24) is 24.4 Å². The summed E-state index contributed by atoms with van der Waals surface area (Å²) < 4.78 is 83.1. The van der Waals surface area contributed by atoms with E-state index >= 15 is 8.78 Å². The highest BCUT2D eigenvalue weighted by molar-refractivity contribution is 7.84. The van der Waals surface area contributed by atoms with E-state index in [2.05, 4.69) is 33.8 Å². The number of benzene rings is 2. The molecule has 0 bridgehead atoms. The smallest absolute Gasteiger partial charge is 0.368 e. The minimum absolute atomic E-state index is 0.0191.